The quantitative estimate of drug-likeness (QED) is 0.602. The summed E-state index contributed by atoms with van der Waals surface area (Å²) in [5, 5.41) is 4.02. The van der Waals surface area contributed by atoms with Crippen molar-refractivity contribution in [2.45, 2.75) is 19.5 Å². The lowest BCUT2D eigenvalue weighted by Gasteiger charge is -2.14. The van der Waals surface area contributed by atoms with Crippen LogP contribution in [0.2, 0.25) is 0 Å². The van der Waals surface area contributed by atoms with Crippen LogP contribution in [0.4, 0.5) is 4.39 Å². The monoisotopic (exact) mass is 441 g/mol. The standard InChI is InChI=1S/C21H20FN5O3S/c22-7-15(8-23)10-27-21(29)26(13-25-27)11-19-4-3-18(31-19)2-1-14-5-16-6-17(28)12-30-20(16)24-9-14/h1-5,7,9,13H,6,8,10-12,23H2/b2-1+,15-7+. The molecule has 0 saturated heterocycles. The highest BCUT2D eigenvalue weighted by atomic mass is 32.1. The molecule has 0 amide bonds. The van der Waals surface area contributed by atoms with Gasteiger partial charge in [0.1, 0.15) is 12.9 Å². The fraction of sp³-hybridized carbons (Fsp3) is 0.238. The fourth-order valence-corrected chi connectivity index (χ4v) is 4.03. The summed E-state index contributed by atoms with van der Waals surface area (Å²) in [5.41, 5.74) is 7.08. The normalized spacial score (nSPS) is 14.1. The van der Waals surface area contributed by atoms with Gasteiger partial charge in [0, 0.05) is 34.5 Å². The van der Waals surface area contributed by atoms with Crippen LogP contribution < -0.4 is 16.2 Å². The van der Waals surface area contributed by atoms with Crippen molar-refractivity contribution in [3.63, 3.8) is 0 Å². The molecule has 160 valence electrons. The maximum Gasteiger partial charge on any atom is 0.346 e. The van der Waals surface area contributed by atoms with E-state index in [1.165, 1.54) is 15.6 Å². The van der Waals surface area contributed by atoms with Crippen LogP contribution in [0.25, 0.3) is 12.2 Å². The number of carbonyl (C=O) groups excluding carboxylic acids is 1. The number of rotatable bonds is 7. The first-order chi connectivity index (χ1) is 15.1. The number of Topliss-reactive ketones (excluding diaryl/α,β-unsaturated/α-hetero) is 1. The van der Waals surface area contributed by atoms with Crippen molar-refractivity contribution in [2.24, 2.45) is 5.73 Å². The highest BCUT2D eigenvalue weighted by Gasteiger charge is 2.17. The lowest BCUT2D eigenvalue weighted by Crippen LogP contribution is -2.26. The summed E-state index contributed by atoms with van der Waals surface area (Å²) in [4.78, 5) is 30.2. The van der Waals surface area contributed by atoms with Crippen LogP contribution in [-0.2, 0) is 24.3 Å². The van der Waals surface area contributed by atoms with E-state index in [-0.39, 0.29) is 31.2 Å². The van der Waals surface area contributed by atoms with Crippen LogP contribution in [-0.4, -0.2) is 38.3 Å². The van der Waals surface area contributed by atoms with Gasteiger partial charge in [-0.25, -0.2) is 18.9 Å². The molecule has 3 aromatic heterocycles. The molecule has 8 nitrogen and oxygen atoms in total. The fourth-order valence-electron chi connectivity index (χ4n) is 3.12. The van der Waals surface area contributed by atoms with E-state index in [1.807, 2.05) is 30.4 Å². The van der Waals surface area contributed by atoms with Crippen molar-refractivity contribution in [1.29, 1.82) is 0 Å². The first-order valence-corrected chi connectivity index (χ1v) is 10.4. The number of pyridine rings is 1. The molecule has 0 fully saturated rings. The molecule has 0 bridgehead atoms. The average Bonchev–Trinajstić information content (AvgIpc) is 3.37. The summed E-state index contributed by atoms with van der Waals surface area (Å²) in [7, 11) is 0. The number of halogens is 1. The smallest absolute Gasteiger partial charge is 0.346 e. The Hall–Kier alpha value is -3.37. The van der Waals surface area contributed by atoms with Gasteiger partial charge in [-0.05, 0) is 35.4 Å². The molecule has 0 spiro atoms. The van der Waals surface area contributed by atoms with Gasteiger partial charge in [0.2, 0.25) is 5.88 Å². The third-order valence-corrected chi connectivity index (χ3v) is 5.75. The number of ketones is 1. The van der Waals surface area contributed by atoms with Crippen LogP contribution >= 0.6 is 11.3 Å². The van der Waals surface area contributed by atoms with Crippen molar-refractivity contribution in [2.75, 3.05) is 13.2 Å². The largest absolute Gasteiger partial charge is 0.469 e. The summed E-state index contributed by atoms with van der Waals surface area (Å²) < 4.78 is 20.7. The lowest BCUT2D eigenvalue weighted by molar-refractivity contribution is -0.121. The van der Waals surface area contributed by atoms with E-state index in [0.29, 0.717) is 30.7 Å². The van der Waals surface area contributed by atoms with E-state index in [2.05, 4.69) is 10.1 Å². The second-order valence-electron chi connectivity index (χ2n) is 7.05. The molecule has 4 heterocycles. The molecular weight excluding hydrogens is 421 g/mol. The molecule has 0 saturated carbocycles. The molecule has 10 heteroatoms. The summed E-state index contributed by atoms with van der Waals surface area (Å²) in [6.45, 7) is 0.507. The molecule has 1 aliphatic heterocycles. The van der Waals surface area contributed by atoms with E-state index in [9.17, 15) is 14.0 Å². The zero-order valence-corrected chi connectivity index (χ0v) is 17.3. The number of nitrogens with two attached hydrogens (primary N) is 1. The Balaban J connectivity index is 1.43. The maximum absolute atomic E-state index is 12.7. The van der Waals surface area contributed by atoms with Crippen molar-refractivity contribution in [1.82, 2.24) is 19.3 Å². The van der Waals surface area contributed by atoms with Gasteiger partial charge in [0.05, 0.1) is 19.4 Å². The number of carbonyl (C=O) groups is 1. The van der Waals surface area contributed by atoms with Gasteiger partial charge in [-0.15, -0.1) is 11.3 Å². The second kappa shape index (κ2) is 9.19. The summed E-state index contributed by atoms with van der Waals surface area (Å²) >= 11 is 1.54. The van der Waals surface area contributed by atoms with Gasteiger partial charge in [0.25, 0.3) is 0 Å². The Morgan fingerprint density at radius 3 is 3.00 bits per heavy atom. The summed E-state index contributed by atoms with van der Waals surface area (Å²) in [6, 6.07) is 5.81. The van der Waals surface area contributed by atoms with Gasteiger partial charge in [-0.1, -0.05) is 6.08 Å². The van der Waals surface area contributed by atoms with Gasteiger partial charge in [0.15, 0.2) is 5.78 Å². The van der Waals surface area contributed by atoms with Crippen molar-refractivity contribution in [3.8, 4) is 5.88 Å². The van der Waals surface area contributed by atoms with Crippen LogP contribution in [0, 0.1) is 0 Å². The average molecular weight is 441 g/mol. The molecule has 0 radical (unpaired) electrons. The zero-order chi connectivity index (χ0) is 21.8. The van der Waals surface area contributed by atoms with E-state index in [0.717, 1.165) is 20.9 Å². The number of aromatic nitrogens is 4. The van der Waals surface area contributed by atoms with E-state index in [1.54, 1.807) is 17.5 Å². The number of thiophene rings is 1. The molecule has 1 aliphatic rings. The molecule has 31 heavy (non-hydrogen) atoms. The molecule has 4 rings (SSSR count). The third-order valence-electron chi connectivity index (χ3n) is 4.72. The molecular formula is C21H20FN5O3S. The van der Waals surface area contributed by atoms with E-state index >= 15 is 0 Å². The highest BCUT2D eigenvalue weighted by molar-refractivity contribution is 7.12. The van der Waals surface area contributed by atoms with Crippen LogP contribution in [0.1, 0.15) is 20.9 Å². The van der Waals surface area contributed by atoms with Crippen molar-refractivity contribution >= 4 is 29.3 Å². The van der Waals surface area contributed by atoms with Crippen molar-refractivity contribution in [3.05, 3.63) is 74.0 Å². The zero-order valence-electron chi connectivity index (χ0n) is 16.5. The Labute approximate surface area is 181 Å². The van der Waals surface area contributed by atoms with Gasteiger partial charge >= 0.3 is 5.69 Å². The minimum atomic E-state index is -0.324. The molecule has 2 N–H and O–H groups in total. The lowest BCUT2D eigenvalue weighted by atomic mass is 10.1. The second-order valence-corrected chi connectivity index (χ2v) is 8.24. The Bertz CT molecular complexity index is 1220. The first kappa shape index (κ1) is 20.9. The Morgan fingerprint density at radius 1 is 1.32 bits per heavy atom. The molecule has 0 unspecified atom stereocenters. The van der Waals surface area contributed by atoms with Crippen LogP contribution in [0.5, 0.6) is 5.88 Å². The number of nitrogens with zero attached hydrogens (tertiary/aromatic N) is 4. The number of ether oxygens (including phenoxy) is 1. The topological polar surface area (TPSA) is 105 Å². The SMILES string of the molecule is NC/C(=C\F)Cn1ncn(Cc2ccc(/C=C/c3cnc4c(c3)CC(=O)CO4)s2)c1=O. The van der Waals surface area contributed by atoms with E-state index < -0.39 is 0 Å². The number of fused-ring (bicyclic) bond motifs is 1. The Kier molecular flexibility index (Phi) is 6.19. The third kappa shape index (κ3) is 4.86. The number of hydrogen-bond acceptors (Lipinski definition) is 7. The predicted molar refractivity (Wildman–Crippen MR) is 116 cm³/mol. The number of hydrogen-bond donors (Lipinski definition) is 1. The van der Waals surface area contributed by atoms with Crippen molar-refractivity contribution < 1.29 is 13.9 Å². The minimum Gasteiger partial charge on any atom is -0.469 e. The maximum atomic E-state index is 12.7. The Morgan fingerprint density at radius 2 is 2.19 bits per heavy atom. The molecule has 3 aromatic rings. The predicted octanol–water partition coefficient (Wildman–Crippen LogP) is 2.04. The van der Waals surface area contributed by atoms with Gasteiger partial charge in [-0.2, -0.15) is 5.10 Å². The molecule has 0 aliphatic carbocycles. The van der Waals surface area contributed by atoms with Crippen LogP contribution in [0.15, 0.2) is 47.4 Å². The minimum absolute atomic E-state index is 0.0273. The van der Waals surface area contributed by atoms with E-state index in [4.69, 9.17) is 10.5 Å². The highest BCUT2D eigenvalue weighted by Crippen LogP contribution is 2.24. The van der Waals surface area contributed by atoms with Gasteiger partial charge < -0.3 is 10.5 Å². The summed E-state index contributed by atoms with van der Waals surface area (Å²) in [6.07, 6.45) is 7.76. The van der Waals surface area contributed by atoms with Crippen LogP contribution in [0.3, 0.4) is 0 Å². The molecule has 0 aromatic carbocycles. The first-order valence-electron chi connectivity index (χ1n) is 9.56. The summed E-state index contributed by atoms with van der Waals surface area (Å²) in [5.74, 6) is 0.554. The van der Waals surface area contributed by atoms with Gasteiger partial charge in [-0.3, -0.25) is 9.36 Å². The molecule has 0 atom stereocenters.